The molecule has 0 aliphatic carbocycles. The van der Waals surface area contributed by atoms with E-state index >= 15 is 0 Å². The highest BCUT2D eigenvalue weighted by Crippen LogP contribution is 2.27. The molecule has 1 aromatic heterocycles. The zero-order valence-corrected chi connectivity index (χ0v) is 15.3. The summed E-state index contributed by atoms with van der Waals surface area (Å²) >= 11 is 6.09. The first-order chi connectivity index (χ1) is 11.4. The number of aliphatic imine (C=N–C) groups is 1. The number of methoxy groups -OCH3 is 1. The summed E-state index contributed by atoms with van der Waals surface area (Å²) in [7, 11) is 1.58. The van der Waals surface area contributed by atoms with Crippen LogP contribution >= 0.6 is 11.6 Å². The van der Waals surface area contributed by atoms with Gasteiger partial charge in [0.05, 0.1) is 17.8 Å². The summed E-state index contributed by atoms with van der Waals surface area (Å²) in [5.74, 6) is 1.30. The van der Waals surface area contributed by atoms with Crippen LogP contribution < -0.4 is 15.8 Å². The molecule has 0 bridgehead atoms. The fourth-order valence-corrected chi connectivity index (χ4v) is 2.66. The van der Waals surface area contributed by atoms with Crippen LogP contribution in [0.5, 0.6) is 5.75 Å². The minimum Gasteiger partial charge on any atom is -0.495 e. The third-order valence-electron chi connectivity index (χ3n) is 3.59. The van der Waals surface area contributed by atoms with E-state index in [1.54, 1.807) is 19.2 Å². The number of benzene rings is 1. The largest absolute Gasteiger partial charge is 0.495 e. The van der Waals surface area contributed by atoms with Gasteiger partial charge in [-0.15, -0.1) is 0 Å². The molecule has 2 aromatic rings. The smallest absolute Gasteiger partial charge is 0.193 e. The number of hydrogen-bond acceptors (Lipinski definition) is 3. The molecule has 6 nitrogen and oxygen atoms in total. The van der Waals surface area contributed by atoms with E-state index in [1.165, 1.54) is 0 Å². The van der Waals surface area contributed by atoms with Crippen LogP contribution in [0, 0.1) is 19.8 Å². The number of ether oxygens (including phenoxy) is 1. The second-order valence-electron chi connectivity index (χ2n) is 5.91. The lowest BCUT2D eigenvalue weighted by molar-refractivity contribution is 0.415. The molecule has 24 heavy (non-hydrogen) atoms. The third-order valence-corrected chi connectivity index (χ3v) is 3.88. The lowest BCUT2D eigenvalue weighted by atomic mass is 10.2. The Kier molecular flexibility index (Phi) is 6.09. The number of aromatic nitrogens is 2. The van der Waals surface area contributed by atoms with E-state index in [4.69, 9.17) is 22.1 Å². The molecule has 130 valence electrons. The summed E-state index contributed by atoms with van der Waals surface area (Å²) in [5.41, 5.74) is 8.90. The van der Waals surface area contributed by atoms with E-state index < -0.39 is 0 Å². The van der Waals surface area contributed by atoms with Gasteiger partial charge in [-0.05, 0) is 44.0 Å². The quantitative estimate of drug-likeness (QED) is 0.620. The Hall–Kier alpha value is -2.21. The Balaban J connectivity index is 1.91. The number of hydrogen-bond donors (Lipinski definition) is 2. The number of halogens is 1. The molecular weight excluding hydrogens is 326 g/mol. The van der Waals surface area contributed by atoms with Crippen LogP contribution in [0.4, 0.5) is 5.69 Å². The normalized spacial score (nSPS) is 13.0. The number of nitrogens with two attached hydrogens (primary N) is 1. The van der Waals surface area contributed by atoms with Crippen molar-refractivity contribution in [3.8, 4) is 5.75 Å². The maximum Gasteiger partial charge on any atom is 0.193 e. The molecule has 0 amide bonds. The van der Waals surface area contributed by atoms with Gasteiger partial charge in [0.25, 0.3) is 0 Å². The topological polar surface area (TPSA) is 77.5 Å². The Morgan fingerprint density at radius 3 is 2.75 bits per heavy atom. The minimum atomic E-state index is 0.322. The van der Waals surface area contributed by atoms with E-state index in [9.17, 15) is 0 Å². The number of aryl methyl sites for hydroxylation is 2. The molecule has 7 heteroatoms. The molecule has 0 spiro atoms. The number of anilines is 1. The summed E-state index contributed by atoms with van der Waals surface area (Å²) in [6.07, 6.45) is 0. The molecule has 1 heterocycles. The van der Waals surface area contributed by atoms with E-state index in [0.717, 1.165) is 23.6 Å². The van der Waals surface area contributed by atoms with Crippen molar-refractivity contribution >= 4 is 23.2 Å². The number of guanidine groups is 1. The maximum atomic E-state index is 6.09. The standard InChI is InChI=1S/C17H24ClN5O/c1-11(10-23-13(3)7-12(2)22-23)9-20-17(19)21-14-5-6-16(24-4)15(18)8-14/h5-8,11H,9-10H2,1-4H3,(H3,19,20,21). The molecule has 0 aliphatic rings. The van der Waals surface area contributed by atoms with Gasteiger partial charge in [0, 0.05) is 24.5 Å². The molecular formula is C17H24ClN5O. The second kappa shape index (κ2) is 8.06. The average Bonchev–Trinajstić information content (AvgIpc) is 2.83. The van der Waals surface area contributed by atoms with Gasteiger partial charge >= 0.3 is 0 Å². The highest BCUT2D eigenvalue weighted by Gasteiger charge is 2.07. The van der Waals surface area contributed by atoms with Crippen molar-refractivity contribution in [3.05, 3.63) is 40.7 Å². The Bertz CT molecular complexity index is 726. The monoisotopic (exact) mass is 349 g/mol. The Labute approximate surface area is 147 Å². The zero-order valence-electron chi connectivity index (χ0n) is 14.5. The van der Waals surface area contributed by atoms with Gasteiger partial charge < -0.3 is 15.8 Å². The lowest BCUT2D eigenvalue weighted by Crippen LogP contribution is -2.24. The van der Waals surface area contributed by atoms with Crippen molar-refractivity contribution < 1.29 is 4.74 Å². The summed E-state index contributed by atoms with van der Waals surface area (Å²) in [6, 6.07) is 7.44. The van der Waals surface area contributed by atoms with E-state index in [0.29, 0.717) is 29.2 Å². The Morgan fingerprint density at radius 1 is 1.42 bits per heavy atom. The average molecular weight is 350 g/mol. The highest BCUT2D eigenvalue weighted by molar-refractivity contribution is 6.32. The molecule has 0 fully saturated rings. The van der Waals surface area contributed by atoms with Gasteiger partial charge in [-0.1, -0.05) is 18.5 Å². The summed E-state index contributed by atoms with van der Waals surface area (Å²) in [5, 5.41) is 8.02. The SMILES string of the molecule is COc1ccc(NC(N)=NCC(C)Cn2nc(C)cc2C)cc1Cl. The van der Waals surface area contributed by atoms with Gasteiger partial charge in [-0.25, -0.2) is 0 Å². The number of rotatable bonds is 6. The number of nitrogens with zero attached hydrogens (tertiary/aromatic N) is 3. The summed E-state index contributed by atoms with van der Waals surface area (Å²) in [4.78, 5) is 4.39. The summed E-state index contributed by atoms with van der Waals surface area (Å²) < 4.78 is 7.12. The fraction of sp³-hybridized carbons (Fsp3) is 0.412. The summed E-state index contributed by atoms with van der Waals surface area (Å²) in [6.45, 7) is 7.59. The van der Waals surface area contributed by atoms with Crippen molar-refractivity contribution in [2.75, 3.05) is 19.0 Å². The first-order valence-corrected chi connectivity index (χ1v) is 8.18. The fourth-order valence-electron chi connectivity index (χ4n) is 2.40. The molecule has 0 aliphatic heterocycles. The molecule has 2 rings (SSSR count). The number of nitrogens with one attached hydrogen (secondary N) is 1. The van der Waals surface area contributed by atoms with Gasteiger partial charge in [-0.2, -0.15) is 5.10 Å². The van der Waals surface area contributed by atoms with Crippen LogP contribution in [0.15, 0.2) is 29.3 Å². The molecule has 1 atom stereocenters. The maximum absolute atomic E-state index is 6.09. The molecule has 0 saturated heterocycles. The predicted octanol–water partition coefficient (Wildman–Crippen LogP) is 3.22. The van der Waals surface area contributed by atoms with Gasteiger partial charge in [-0.3, -0.25) is 9.67 Å². The van der Waals surface area contributed by atoms with Crippen molar-refractivity contribution in [1.29, 1.82) is 0 Å². The molecule has 3 N–H and O–H groups in total. The van der Waals surface area contributed by atoms with E-state index in [-0.39, 0.29) is 0 Å². The lowest BCUT2D eigenvalue weighted by Gasteiger charge is -2.12. The highest BCUT2D eigenvalue weighted by atomic mass is 35.5. The molecule has 1 unspecified atom stereocenters. The van der Waals surface area contributed by atoms with Crippen LogP contribution in [-0.4, -0.2) is 29.4 Å². The van der Waals surface area contributed by atoms with Crippen molar-refractivity contribution in [2.24, 2.45) is 16.6 Å². The minimum absolute atomic E-state index is 0.322. The molecule has 0 radical (unpaired) electrons. The molecule has 1 aromatic carbocycles. The van der Waals surface area contributed by atoms with Gasteiger partial charge in [0.15, 0.2) is 5.96 Å². The van der Waals surface area contributed by atoms with Crippen LogP contribution in [-0.2, 0) is 6.54 Å². The molecule has 0 saturated carbocycles. The second-order valence-corrected chi connectivity index (χ2v) is 6.32. The third kappa shape index (κ3) is 4.89. The van der Waals surface area contributed by atoms with Crippen LogP contribution in [0.25, 0.3) is 0 Å². The van der Waals surface area contributed by atoms with Crippen molar-refractivity contribution in [1.82, 2.24) is 9.78 Å². The predicted molar refractivity (Wildman–Crippen MR) is 99.0 cm³/mol. The van der Waals surface area contributed by atoms with E-state index in [2.05, 4.69) is 35.3 Å². The van der Waals surface area contributed by atoms with Crippen molar-refractivity contribution in [3.63, 3.8) is 0 Å². The van der Waals surface area contributed by atoms with Crippen LogP contribution in [0.2, 0.25) is 5.02 Å². The van der Waals surface area contributed by atoms with Crippen LogP contribution in [0.1, 0.15) is 18.3 Å². The van der Waals surface area contributed by atoms with Gasteiger partial charge in [0.1, 0.15) is 5.75 Å². The first kappa shape index (κ1) is 18.1. The zero-order chi connectivity index (χ0) is 17.7. The first-order valence-electron chi connectivity index (χ1n) is 7.80. The van der Waals surface area contributed by atoms with Crippen molar-refractivity contribution in [2.45, 2.75) is 27.3 Å². The Morgan fingerprint density at radius 2 is 2.17 bits per heavy atom. The van der Waals surface area contributed by atoms with Crippen LogP contribution in [0.3, 0.4) is 0 Å². The van der Waals surface area contributed by atoms with Gasteiger partial charge in [0.2, 0.25) is 0 Å². The van der Waals surface area contributed by atoms with E-state index in [1.807, 2.05) is 17.7 Å².